The molecule has 0 aromatic heterocycles. The molecular formula is C17H15F2NO. The number of aliphatic hydroxyl groups excluding tert-OH is 1. The molecular weight excluding hydrogens is 272 g/mol. The van der Waals surface area contributed by atoms with E-state index in [2.05, 4.69) is 6.07 Å². The lowest BCUT2D eigenvalue weighted by Crippen LogP contribution is -2.15. The van der Waals surface area contributed by atoms with Crippen LogP contribution in [0.2, 0.25) is 0 Å². The summed E-state index contributed by atoms with van der Waals surface area (Å²) < 4.78 is 28.0. The molecule has 0 heterocycles. The van der Waals surface area contributed by atoms with E-state index >= 15 is 0 Å². The van der Waals surface area contributed by atoms with E-state index in [0.717, 1.165) is 0 Å². The monoisotopic (exact) mass is 287 g/mol. The first-order valence-electron chi connectivity index (χ1n) is 6.68. The third-order valence-corrected chi connectivity index (χ3v) is 3.51. The molecule has 0 radical (unpaired) electrons. The molecule has 0 fully saturated rings. The molecule has 21 heavy (non-hydrogen) atoms. The topological polar surface area (TPSA) is 44.0 Å². The van der Waals surface area contributed by atoms with Gasteiger partial charge in [0.25, 0.3) is 0 Å². The van der Waals surface area contributed by atoms with E-state index in [1.807, 2.05) is 6.07 Å². The minimum absolute atomic E-state index is 0.116. The minimum atomic E-state index is -0.733. The van der Waals surface area contributed by atoms with Crippen LogP contribution in [0.4, 0.5) is 8.78 Å². The predicted octanol–water partition coefficient (Wildman–Crippen LogP) is 3.74. The van der Waals surface area contributed by atoms with Gasteiger partial charge >= 0.3 is 0 Å². The Bertz CT molecular complexity index is 617. The Morgan fingerprint density at radius 2 is 1.62 bits per heavy atom. The Kier molecular flexibility index (Phi) is 5.02. The molecule has 0 saturated heterocycles. The van der Waals surface area contributed by atoms with Gasteiger partial charge < -0.3 is 5.11 Å². The summed E-state index contributed by atoms with van der Waals surface area (Å²) in [4.78, 5) is 0. The molecule has 2 atom stereocenters. The second-order valence-corrected chi connectivity index (χ2v) is 4.77. The summed E-state index contributed by atoms with van der Waals surface area (Å²) in [6.07, 6.45) is 0.116. The molecule has 0 aliphatic rings. The van der Waals surface area contributed by atoms with Crippen molar-refractivity contribution in [1.82, 2.24) is 0 Å². The Morgan fingerprint density at radius 3 is 2.14 bits per heavy atom. The van der Waals surface area contributed by atoms with Crippen molar-refractivity contribution in [2.75, 3.05) is 6.61 Å². The predicted molar refractivity (Wildman–Crippen MR) is 75.6 cm³/mol. The average Bonchev–Trinajstić information content (AvgIpc) is 2.49. The van der Waals surface area contributed by atoms with Crippen molar-refractivity contribution in [2.45, 2.75) is 18.3 Å². The van der Waals surface area contributed by atoms with Crippen molar-refractivity contribution in [1.29, 1.82) is 5.26 Å². The van der Waals surface area contributed by atoms with E-state index in [0.29, 0.717) is 5.56 Å². The van der Waals surface area contributed by atoms with Gasteiger partial charge in [-0.15, -0.1) is 0 Å². The zero-order valence-electron chi connectivity index (χ0n) is 11.3. The molecule has 0 bridgehead atoms. The summed E-state index contributed by atoms with van der Waals surface area (Å²) >= 11 is 0. The van der Waals surface area contributed by atoms with Crippen LogP contribution in [0.25, 0.3) is 0 Å². The number of rotatable bonds is 5. The zero-order valence-corrected chi connectivity index (χ0v) is 11.3. The molecule has 0 spiro atoms. The molecule has 2 rings (SSSR count). The molecule has 0 aliphatic carbocycles. The summed E-state index contributed by atoms with van der Waals surface area (Å²) in [6.45, 7) is -0.247. The van der Waals surface area contributed by atoms with Crippen LogP contribution in [0.3, 0.4) is 0 Å². The Balaban J connectivity index is 2.50. The minimum Gasteiger partial charge on any atom is -0.396 e. The lowest BCUT2D eigenvalue weighted by molar-refractivity contribution is 0.269. The largest absolute Gasteiger partial charge is 0.396 e. The van der Waals surface area contributed by atoms with Gasteiger partial charge in [-0.05, 0) is 24.1 Å². The van der Waals surface area contributed by atoms with E-state index < -0.39 is 23.5 Å². The van der Waals surface area contributed by atoms with Crippen molar-refractivity contribution in [2.24, 2.45) is 0 Å². The smallest absolute Gasteiger partial charge is 0.129 e. The van der Waals surface area contributed by atoms with Crippen LogP contribution >= 0.6 is 0 Å². The van der Waals surface area contributed by atoms with E-state index in [1.165, 1.54) is 18.2 Å². The van der Waals surface area contributed by atoms with E-state index in [1.54, 1.807) is 24.3 Å². The van der Waals surface area contributed by atoms with Crippen LogP contribution in [0.1, 0.15) is 29.4 Å². The van der Waals surface area contributed by atoms with Crippen molar-refractivity contribution >= 4 is 0 Å². The lowest BCUT2D eigenvalue weighted by Gasteiger charge is -2.23. The quantitative estimate of drug-likeness (QED) is 0.910. The highest BCUT2D eigenvalue weighted by Crippen LogP contribution is 2.37. The van der Waals surface area contributed by atoms with Gasteiger partial charge in [-0.2, -0.15) is 5.26 Å². The highest BCUT2D eigenvalue weighted by atomic mass is 19.1. The molecule has 2 nitrogen and oxygen atoms in total. The fourth-order valence-corrected chi connectivity index (χ4v) is 2.54. The molecule has 2 aromatic carbocycles. The summed E-state index contributed by atoms with van der Waals surface area (Å²) in [7, 11) is 0. The van der Waals surface area contributed by atoms with Gasteiger partial charge in [0.1, 0.15) is 11.6 Å². The first-order valence-corrected chi connectivity index (χ1v) is 6.68. The van der Waals surface area contributed by atoms with Gasteiger partial charge in [0.05, 0.1) is 12.0 Å². The van der Waals surface area contributed by atoms with Gasteiger partial charge in [0.15, 0.2) is 0 Å². The molecule has 1 N–H and O–H groups in total. The number of halogens is 2. The number of nitriles is 1. The van der Waals surface area contributed by atoms with Crippen LogP contribution < -0.4 is 0 Å². The van der Waals surface area contributed by atoms with Gasteiger partial charge in [-0.25, -0.2) is 8.78 Å². The van der Waals surface area contributed by atoms with Crippen molar-refractivity contribution in [3.63, 3.8) is 0 Å². The second-order valence-electron chi connectivity index (χ2n) is 4.77. The fraction of sp³-hybridized carbons (Fsp3) is 0.235. The van der Waals surface area contributed by atoms with Gasteiger partial charge in [0.2, 0.25) is 0 Å². The van der Waals surface area contributed by atoms with Gasteiger partial charge in [-0.3, -0.25) is 0 Å². The van der Waals surface area contributed by atoms with E-state index in [4.69, 9.17) is 0 Å². The van der Waals surface area contributed by atoms with Crippen LogP contribution in [0, 0.1) is 23.0 Å². The van der Waals surface area contributed by atoms with Crippen LogP contribution in [0.5, 0.6) is 0 Å². The summed E-state index contributed by atoms with van der Waals surface area (Å²) in [5, 5.41) is 18.7. The highest BCUT2D eigenvalue weighted by molar-refractivity contribution is 5.34. The van der Waals surface area contributed by atoms with Crippen LogP contribution in [-0.2, 0) is 0 Å². The van der Waals surface area contributed by atoms with Crippen LogP contribution in [0.15, 0.2) is 48.5 Å². The molecule has 0 unspecified atom stereocenters. The highest BCUT2D eigenvalue weighted by Gasteiger charge is 2.29. The number of hydrogen-bond acceptors (Lipinski definition) is 2. The summed E-state index contributed by atoms with van der Waals surface area (Å²) in [5.41, 5.74) is 0.544. The van der Waals surface area contributed by atoms with E-state index in [9.17, 15) is 19.1 Å². The Hall–Kier alpha value is -2.25. The summed E-state index contributed by atoms with van der Waals surface area (Å²) in [6, 6.07) is 14.6. The van der Waals surface area contributed by atoms with Gasteiger partial charge in [-0.1, -0.05) is 36.4 Å². The molecule has 4 heteroatoms. The summed E-state index contributed by atoms with van der Waals surface area (Å²) in [5.74, 6) is -2.83. The maximum Gasteiger partial charge on any atom is 0.129 e. The molecule has 0 aliphatic heterocycles. The van der Waals surface area contributed by atoms with Gasteiger partial charge in [0, 0.05) is 18.1 Å². The molecule has 108 valence electrons. The second kappa shape index (κ2) is 6.96. The normalized spacial score (nSPS) is 13.4. The number of aliphatic hydroxyl groups is 1. The number of nitrogens with zero attached hydrogens (tertiary/aromatic N) is 1. The Labute approximate surface area is 122 Å². The lowest BCUT2D eigenvalue weighted by atomic mass is 9.80. The maximum atomic E-state index is 14.0. The van der Waals surface area contributed by atoms with Crippen molar-refractivity contribution < 1.29 is 13.9 Å². The molecule has 0 saturated carbocycles. The van der Waals surface area contributed by atoms with Crippen molar-refractivity contribution in [3.05, 3.63) is 71.3 Å². The van der Waals surface area contributed by atoms with Crippen molar-refractivity contribution in [3.8, 4) is 6.07 Å². The zero-order chi connectivity index (χ0) is 15.2. The average molecular weight is 287 g/mol. The van der Waals surface area contributed by atoms with Crippen LogP contribution in [-0.4, -0.2) is 11.7 Å². The van der Waals surface area contributed by atoms with E-state index in [-0.39, 0.29) is 18.6 Å². The molecule has 0 amide bonds. The first-order chi connectivity index (χ1) is 10.2. The number of benzene rings is 2. The SMILES string of the molecule is N#C[C@@H](c1ccccc1)[C@@H](CCO)c1c(F)cccc1F. The standard InChI is InChI=1S/C17H15F2NO/c18-15-7-4-8-16(19)17(15)13(9-10-21)14(11-20)12-5-2-1-3-6-12/h1-8,13-14,21H,9-10H2/t13-,14+/m1/s1. The Morgan fingerprint density at radius 1 is 1.00 bits per heavy atom. The fourth-order valence-electron chi connectivity index (χ4n) is 2.54. The number of hydrogen-bond donors (Lipinski definition) is 1. The molecule has 2 aromatic rings. The first kappa shape index (κ1) is 15.1. The third-order valence-electron chi connectivity index (χ3n) is 3.51. The maximum absolute atomic E-state index is 14.0. The third kappa shape index (κ3) is 3.26.